The van der Waals surface area contributed by atoms with Crippen LogP contribution in [0.3, 0.4) is 0 Å². The predicted octanol–water partition coefficient (Wildman–Crippen LogP) is 7.22. The monoisotopic (exact) mass is 593 g/mol. The van der Waals surface area contributed by atoms with Gasteiger partial charge in [0.25, 0.3) is 5.91 Å². The molecule has 0 saturated carbocycles. The van der Waals surface area contributed by atoms with Gasteiger partial charge in [-0.2, -0.15) is 26.3 Å². The topological polar surface area (TPSA) is 63.2 Å². The van der Waals surface area contributed by atoms with Crippen molar-refractivity contribution in [3.05, 3.63) is 74.8 Å². The molecule has 37 heavy (non-hydrogen) atoms. The number of amides is 1. The molecular weight excluding hydrogens is 574 g/mol. The lowest BCUT2D eigenvalue weighted by molar-refractivity contribution is -0.140. The van der Waals surface area contributed by atoms with Crippen molar-refractivity contribution < 1.29 is 43.9 Å². The van der Waals surface area contributed by atoms with Gasteiger partial charge in [0.15, 0.2) is 9.84 Å². The molecule has 0 bridgehead atoms. The van der Waals surface area contributed by atoms with E-state index in [1.54, 1.807) is 0 Å². The number of alkyl halides is 6. The molecule has 0 aromatic heterocycles. The second kappa shape index (κ2) is 11.6. The number of carbonyl (C=O) groups excluding carboxylic acids is 1. The fraction of sp³-hybridized carbons (Fsp3) is 0.348. The third-order valence-corrected chi connectivity index (χ3v) is 7.76. The number of benzene rings is 2. The zero-order valence-electron chi connectivity index (χ0n) is 19.1. The minimum absolute atomic E-state index is 0.0545. The highest BCUT2D eigenvalue weighted by molar-refractivity contribution is 7.91. The van der Waals surface area contributed by atoms with Crippen molar-refractivity contribution in [2.45, 2.75) is 38.2 Å². The number of halogens is 9. The summed E-state index contributed by atoms with van der Waals surface area (Å²) >= 11 is 11.4. The van der Waals surface area contributed by atoms with Gasteiger partial charge in [-0.25, -0.2) is 12.8 Å². The fourth-order valence-electron chi connectivity index (χ4n) is 3.30. The number of rotatable bonds is 8. The number of carbonyl (C=O) groups is 1. The van der Waals surface area contributed by atoms with E-state index in [1.807, 2.05) is 0 Å². The molecule has 0 radical (unpaired) electrons. The molecule has 2 aromatic carbocycles. The lowest BCUT2D eigenvalue weighted by atomic mass is 9.95. The van der Waals surface area contributed by atoms with Crippen molar-refractivity contribution in [2.24, 2.45) is 0 Å². The van der Waals surface area contributed by atoms with Crippen LogP contribution in [0.2, 0.25) is 10.0 Å². The standard InChI is InChI=1S/C23H20Cl2F7NO3S/c1-3-37(35,36)11-12(2)33-21(34)15-6-4-14(8-17(15)23(30,31)32)20(26)10-16(22(27,28)29)13-5-7-18(24)19(25)9-13/h4-10,12,16H,3,11H2,1-2H3,(H,33,34)/b20-10-. The van der Waals surface area contributed by atoms with Gasteiger partial charge >= 0.3 is 12.4 Å². The molecule has 0 spiro atoms. The quantitative estimate of drug-likeness (QED) is 0.329. The van der Waals surface area contributed by atoms with Gasteiger partial charge in [-0.1, -0.05) is 42.3 Å². The predicted molar refractivity (Wildman–Crippen MR) is 127 cm³/mol. The first kappa shape index (κ1) is 30.9. The van der Waals surface area contributed by atoms with E-state index in [0.29, 0.717) is 12.1 Å². The summed E-state index contributed by atoms with van der Waals surface area (Å²) in [6.45, 7) is 2.63. The number of sulfone groups is 1. The van der Waals surface area contributed by atoms with Crippen LogP contribution in [-0.4, -0.2) is 38.0 Å². The van der Waals surface area contributed by atoms with E-state index in [1.165, 1.54) is 13.8 Å². The van der Waals surface area contributed by atoms with E-state index in [-0.39, 0.29) is 27.9 Å². The van der Waals surface area contributed by atoms with Gasteiger partial charge in [-0.05, 0) is 42.8 Å². The van der Waals surface area contributed by atoms with Gasteiger partial charge in [0.1, 0.15) is 11.7 Å². The van der Waals surface area contributed by atoms with E-state index in [0.717, 1.165) is 18.2 Å². The van der Waals surface area contributed by atoms with Crippen molar-refractivity contribution in [1.82, 2.24) is 5.32 Å². The van der Waals surface area contributed by atoms with Crippen LogP contribution in [0.4, 0.5) is 30.7 Å². The normalized spacial score (nSPS) is 14.8. The van der Waals surface area contributed by atoms with Crippen molar-refractivity contribution in [2.75, 3.05) is 11.5 Å². The summed E-state index contributed by atoms with van der Waals surface area (Å²) in [4.78, 5) is 12.4. The highest BCUT2D eigenvalue weighted by Crippen LogP contribution is 2.41. The van der Waals surface area contributed by atoms with Crippen LogP contribution in [-0.2, 0) is 16.0 Å². The van der Waals surface area contributed by atoms with Gasteiger partial charge in [0.05, 0.1) is 26.9 Å². The molecule has 14 heteroatoms. The molecular formula is C23H20Cl2F7NO3S. The van der Waals surface area contributed by atoms with Crippen molar-refractivity contribution in [3.8, 4) is 0 Å². The molecule has 2 unspecified atom stereocenters. The van der Waals surface area contributed by atoms with Crippen LogP contribution in [0.15, 0.2) is 42.5 Å². The molecule has 0 fully saturated rings. The molecule has 0 aliphatic carbocycles. The zero-order valence-corrected chi connectivity index (χ0v) is 21.5. The Morgan fingerprint density at radius 1 is 1.03 bits per heavy atom. The van der Waals surface area contributed by atoms with Gasteiger partial charge in [0.2, 0.25) is 0 Å². The SMILES string of the molecule is CCS(=O)(=O)CC(C)NC(=O)c1ccc(/C(F)=C/C(c2ccc(Cl)c(Cl)c2)C(F)(F)F)cc1C(F)(F)F. The average Bonchev–Trinajstić information content (AvgIpc) is 2.77. The highest BCUT2D eigenvalue weighted by atomic mass is 35.5. The molecule has 0 aliphatic rings. The van der Waals surface area contributed by atoms with Gasteiger partial charge in [0, 0.05) is 17.4 Å². The largest absolute Gasteiger partial charge is 0.417 e. The zero-order chi connectivity index (χ0) is 28.3. The minimum atomic E-state index is -5.19. The Kier molecular flexibility index (Phi) is 9.70. The number of nitrogens with one attached hydrogen (secondary N) is 1. The van der Waals surface area contributed by atoms with Crippen molar-refractivity contribution in [1.29, 1.82) is 0 Å². The molecule has 0 aliphatic heterocycles. The lowest BCUT2D eigenvalue weighted by Crippen LogP contribution is -2.38. The van der Waals surface area contributed by atoms with E-state index in [9.17, 15) is 43.9 Å². The molecule has 2 rings (SSSR count). The van der Waals surface area contributed by atoms with Crippen LogP contribution in [0.25, 0.3) is 5.83 Å². The van der Waals surface area contributed by atoms with E-state index < -0.39 is 73.9 Å². The number of hydrogen-bond acceptors (Lipinski definition) is 3. The first-order valence-corrected chi connectivity index (χ1v) is 13.0. The molecule has 204 valence electrons. The molecule has 2 aromatic rings. The van der Waals surface area contributed by atoms with Gasteiger partial charge < -0.3 is 5.32 Å². The van der Waals surface area contributed by atoms with Crippen LogP contribution >= 0.6 is 23.2 Å². The van der Waals surface area contributed by atoms with E-state index in [2.05, 4.69) is 5.32 Å². The van der Waals surface area contributed by atoms with Crippen LogP contribution < -0.4 is 5.32 Å². The first-order chi connectivity index (χ1) is 16.9. The summed E-state index contributed by atoms with van der Waals surface area (Å²) in [5.41, 5.74) is -3.93. The van der Waals surface area contributed by atoms with Crippen molar-refractivity contribution >= 4 is 44.8 Å². The van der Waals surface area contributed by atoms with Crippen LogP contribution in [0.5, 0.6) is 0 Å². The lowest BCUT2D eigenvalue weighted by Gasteiger charge is -2.19. The van der Waals surface area contributed by atoms with Crippen LogP contribution in [0, 0.1) is 0 Å². The Morgan fingerprint density at radius 2 is 1.65 bits per heavy atom. The summed E-state index contributed by atoms with van der Waals surface area (Å²) < 4.78 is 120. The highest BCUT2D eigenvalue weighted by Gasteiger charge is 2.41. The summed E-state index contributed by atoms with van der Waals surface area (Å²) in [7, 11) is -3.56. The first-order valence-electron chi connectivity index (χ1n) is 10.5. The number of allylic oxidation sites excluding steroid dienone is 1. The molecule has 0 heterocycles. The third-order valence-electron chi connectivity index (χ3n) is 5.14. The maximum Gasteiger partial charge on any atom is 0.417 e. The maximum atomic E-state index is 14.9. The summed E-state index contributed by atoms with van der Waals surface area (Å²) in [6.07, 6.45) is -10.1. The molecule has 1 N–H and O–H groups in total. The van der Waals surface area contributed by atoms with Crippen molar-refractivity contribution in [3.63, 3.8) is 0 Å². The summed E-state index contributed by atoms with van der Waals surface area (Å²) in [5.74, 6) is -6.26. The van der Waals surface area contributed by atoms with E-state index in [4.69, 9.17) is 23.2 Å². The maximum absolute atomic E-state index is 14.9. The second-order valence-electron chi connectivity index (χ2n) is 8.04. The Labute approximate surface area is 218 Å². The van der Waals surface area contributed by atoms with E-state index >= 15 is 0 Å². The summed E-state index contributed by atoms with van der Waals surface area (Å²) in [5, 5.41) is 1.84. The number of hydrogen-bond donors (Lipinski definition) is 1. The van der Waals surface area contributed by atoms with Gasteiger partial charge in [-0.15, -0.1) is 0 Å². The molecule has 4 nitrogen and oxygen atoms in total. The molecule has 2 atom stereocenters. The summed E-state index contributed by atoms with van der Waals surface area (Å²) in [6, 6.07) is 3.34. The molecule has 1 amide bonds. The Morgan fingerprint density at radius 3 is 2.16 bits per heavy atom. The molecule has 0 saturated heterocycles. The van der Waals surface area contributed by atoms with Crippen LogP contribution in [0.1, 0.15) is 46.8 Å². The Bertz CT molecular complexity index is 1290. The second-order valence-corrected chi connectivity index (χ2v) is 11.3. The minimum Gasteiger partial charge on any atom is -0.349 e. The smallest absolute Gasteiger partial charge is 0.349 e. The fourth-order valence-corrected chi connectivity index (χ4v) is 4.68. The Balaban J connectivity index is 2.49. The Hall–Kier alpha value is -2.31. The average molecular weight is 594 g/mol. The third kappa shape index (κ3) is 8.34. The van der Waals surface area contributed by atoms with Gasteiger partial charge in [-0.3, -0.25) is 4.79 Å².